The van der Waals surface area contributed by atoms with E-state index in [9.17, 15) is 4.79 Å². The number of hydrogen-bond donors (Lipinski definition) is 1. The maximum absolute atomic E-state index is 13.0. The van der Waals surface area contributed by atoms with Crippen LogP contribution in [0, 0.1) is 0 Å². The SMILES string of the molecule is CCC(C(=O)NC(c1ccccc1)c1ccccc1)c1ccccc1. The molecule has 0 spiro atoms. The Kier molecular flexibility index (Phi) is 5.63. The van der Waals surface area contributed by atoms with E-state index in [1.54, 1.807) is 0 Å². The molecule has 1 amide bonds. The average molecular weight is 329 g/mol. The summed E-state index contributed by atoms with van der Waals surface area (Å²) in [5, 5.41) is 3.26. The molecule has 0 aliphatic carbocycles. The number of amides is 1. The predicted molar refractivity (Wildman–Crippen MR) is 102 cm³/mol. The molecule has 0 radical (unpaired) electrons. The summed E-state index contributed by atoms with van der Waals surface area (Å²) in [4.78, 5) is 13.0. The van der Waals surface area contributed by atoms with E-state index in [0.29, 0.717) is 0 Å². The van der Waals surface area contributed by atoms with Gasteiger partial charge in [0.2, 0.25) is 5.91 Å². The van der Waals surface area contributed by atoms with Gasteiger partial charge >= 0.3 is 0 Å². The Bertz CT molecular complexity index is 745. The summed E-state index contributed by atoms with van der Waals surface area (Å²) >= 11 is 0. The van der Waals surface area contributed by atoms with E-state index < -0.39 is 0 Å². The van der Waals surface area contributed by atoms with Crippen LogP contribution in [0.15, 0.2) is 91.0 Å². The fourth-order valence-electron chi connectivity index (χ4n) is 3.15. The molecule has 0 heterocycles. The van der Waals surface area contributed by atoms with Crippen molar-refractivity contribution in [2.75, 3.05) is 0 Å². The van der Waals surface area contributed by atoms with Crippen LogP contribution >= 0.6 is 0 Å². The minimum Gasteiger partial charge on any atom is -0.345 e. The molecule has 25 heavy (non-hydrogen) atoms. The van der Waals surface area contributed by atoms with E-state index in [-0.39, 0.29) is 17.9 Å². The van der Waals surface area contributed by atoms with Gasteiger partial charge in [-0.2, -0.15) is 0 Å². The van der Waals surface area contributed by atoms with E-state index in [0.717, 1.165) is 23.1 Å². The van der Waals surface area contributed by atoms with Gasteiger partial charge in [0.05, 0.1) is 12.0 Å². The number of hydrogen-bond acceptors (Lipinski definition) is 1. The van der Waals surface area contributed by atoms with E-state index >= 15 is 0 Å². The second-order valence-corrected chi connectivity index (χ2v) is 6.13. The van der Waals surface area contributed by atoms with Crippen LogP contribution in [0.4, 0.5) is 0 Å². The second-order valence-electron chi connectivity index (χ2n) is 6.13. The number of rotatable bonds is 6. The van der Waals surface area contributed by atoms with Gasteiger partial charge in [0, 0.05) is 0 Å². The molecule has 2 nitrogen and oxygen atoms in total. The lowest BCUT2D eigenvalue weighted by Crippen LogP contribution is -2.33. The summed E-state index contributed by atoms with van der Waals surface area (Å²) in [6.07, 6.45) is 0.770. The highest BCUT2D eigenvalue weighted by atomic mass is 16.1. The summed E-state index contributed by atoms with van der Waals surface area (Å²) < 4.78 is 0. The minimum absolute atomic E-state index is 0.0615. The lowest BCUT2D eigenvalue weighted by Gasteiger charge is -2.23. The Labute approximate surface area is 149 Å². The molecule has 0 saturated carbocycles. The zero-order valence-electron chi connectivity index (χ0n) is 14.4. The average Bonchev–Trinajstić information content (AvgIpc) is 2.69. The van der Waals surface area contributed by atoms with Crippen molar-refractivity contribution >= 4 is 5.91 Å². The molecule has 0 aromatic heterocycles. The zero-order chi connectivity index (χ0) is 17.5. The van der Waals surface area contributed by atoms with Crippen LogP contribution < -0.4 is 5.32 Å². The molecule has 0 bridgehead atoms. The first-order valence-electron chi connectivity index (χ1n) is 8.74. The highest BCUT2D eigenvalue weighted by molar-refractivity contribution is 5.84. The summed E-state index contributed by atoms with van der Waals surface area (Å²) in [6.45, 7) is 2.05. The molecule has 3 rings (SSSR count). The van der Waals surface area contributed by atoms with Crippen molar-refractivity contribution in [1.82, 2.24) is 5.32 Å². The fraction of sp³-hybridized carbons (Fsp3) is 0.174. The normalized spacial score (nSPS) is 11.9. The third kappa shape index (κ3) is 4.16. The first kappa shape index (κ1) is 17.0. The summed E-state index contributed by atoms with van der Waals surface area (Å²) in [6, 6.07) is 30.1. The van der Waals surface area contributed by atoms with Gasteiger partial charge in [0.15, 0.2) is 0 Å². The van der Waals surface area contributed by atoms with Crippen LogP contribution in [-0.4, -0.2) is 5.91 Å². The molecular weight excluding hydrogens is 306 g/mol. The van der Waals surface area contributed by atoms with Gasteiger partial charge in [-0.3, -0.25) is 4.79 Å². The standard InChI is InChI=1S/C23H23NO/c1-2-21(18-12-6-3-7-13-18)23(25)24-22(19-14-8-4-9-15-19)20-16-10-5-11-17-20/h3-17,21-22H,2H2,1H3,(H,24,25). The van der Waals surface area contributed by atoms with Crippen LogP contribution in [0.1, 0.15) is 42.0 Å². The van der Waals surface area contributed by atoms with Crippen LogP contribution in [0.2, 0.25) is 0 Å². The smallest absolute Gasteiger partial charge is 0.228 e. The van der Waals surface area contributed by atoms with Crippen LogP contribution in [0.3, 0.4) is 0 Å². The van der Waals surface area contributed by atoms with Gasteiger partial charge < -0.3 is 5.32 Å². The first-order valence-corrected chi connectivity index (χ1v) is 8.74. The first-order chi connectivity index (χ1) is 12.3. The maximum Gasteiger partial charge on any atom is 0.228 e. The largest absolute Gasteiger partial charge is 0.345 e. The molecule has 1 atom stereocenters. The Morgan fingerprint density at radius 3 is 1.52 bits per heavy atom. The molecule has 2 heteroatoms. The van der Waals surface area contributed by atoms with Crippen LogP contribution in [0.5, 0.6) is 0 Å². The van der Waals surface area contributed by atoms with Gasteiger partial charge in [0.1, 0.15) is 0 Å². The van der Waals surface area contributed by atoms with E-state index in [4.69, 9.17) is 0 Å². The molecule has 0 saturated heterocycles. The predicted octanol–water partition coefficient (Wildman–Crippen LogP) is 5.09. The molecule has 3 aromatic carbocycles. The quantitative estimate of drug-likeness (QED) is 0.671. The molecule has 1 unspecified atom stereocenters. The van der Waals surface area contributed by atoms with E-state index in [2.05, 4.69) is 36.5 Å². The third-order valence-electron chi connectivity index (χ3n) is 4.48. The highest BCUT2D eigenvalue weighted by Gasteiger charge is 2.23. The number of carbonyl (C=O) groups excluding carboxylic acids is 1. The second kappa shape index (κ2) is 8.29. The highest BCUT2D eigenvalue weighted by Crippen LogP contribution is 2.25. The molecule has 0 aliphatic rings. The summed E-state index contributed by atoms with van der Waals surface area (Å²) in [7, 11) is 0. The van der Waals surface area contributed by atoms with Crippen molar-refractivity contribution in [3.8, 4) is 0 Å². The summed E-state index contributed by atoms with van der Waals surface area (Å²) in [5.74, 6) is -0.0810. The van der Waals surface area contributed by atoms with Gasteiger partial charge in [-0.25, -0.2) is 0 Å². The lowest BCUT2D eigenvalue weighted by molar-refractivity contribution is -0.123. The Morgan fingerprint density at radius 1 is 0.720 bits per heavy atom. The van der Waals surface area contributed by atoms with E-state index in [1.807, 2.05) is 66.7 Å². The van der Waals surface area contributed by atoms with Gasteiger partial charge in [-0.05, 0) is 23.1 Å². The molecular formula is C23H23NO. The number of nitrogens with one attached hydrogen (secondary N) is 1. The van der Waals surface area contributed by atoms with Gasteiger partial charge in [0.25, 0.3) is 0 Å². The van der Waals surface area contributed by atoms with Crippen molar-refractivity contribution < 1.29 is 4.79 Å². The molecule has 0 aliphatic heterocycles. The van der Waals surface area contributed by atoms with Crippen LogP contribution in [0.25, 0.3) is 0 Å². The van der Waals surface area contributed by atoms with Crippen molar-refractivity contribution in [2.24, 2.45) is 0 Å². The van der Waals surface area contributed by atoms with Crippen molar-refractivity contribution in [2.45, 2.75) is 25.3 Å². The third-order valence-corrected chi connectivity index (χ3v) is 4.48. The Hall–Kier alpha value is -2.87. The number of benzene rings is 3. The van der Waals surface area contributed by atoms with Gasteiger partial charge in [-0.15, -0.1) is 0 Å². The maximum atomic E-state index is 13.0. The number of carbonyl (C=O) groups is 1. The molecule has 3 aromatic rings. The fourth-order valence-corrected chi connectivity index (χ4v) is 3.15. The van der Waals surface area contributed by atoms with Crippen LogP contribution in [-0.2, 0) is 4.79 Å². The molecule has 1 N–H and O–H groups in total. The van der Waals surface area contributed by atoms with Gasteiger partial charge in [-0.1, -0.05) is 97.9 Å². The Morgan fingerprint density at radius 2 is 1.12 bits per heavy atom. The van der Waals surface area contributed by atoms with E-state index in [1.165, 1.54) is 0 Å². The molecule has 0 fully saturated rings. The van der Waals surface area contributed by atoms with Crippen molar-refractivity contribution in [3.05, 3.63) is 108 Å². The monoisotopic (exact) mass is 329 g/mol. The lowest BCUT2D eigenvalue weighted by atomic mass is 9.93. The summed E-state index contributed by atoms with van der Waals surface area (Å²) in [5.41, 5.74) is 3.23. The molecule has 126 valence electrons. The van der Waals surface area contributed by atoms with Crippen molar-refractivity contribution in [1.29, 1.82) is 0 Å². The zero-order valence-corrected chi connectivity index (χ0v) is 14.4. The van der Waals surface area contributed by atoms with Crippen molar-refractivity contribution in [3.63, 3.8) is 0 Å². The Balaban J connectivity index is 1.88. The topological polar surface area (TPSA) is 29.1 Å². The minimum atomic E-state index is -0.146.